The van der Waals surface area contributed by atoms with Gasteiger partial charge >= 0.3 is 6.09 Å². The minimum atomic E-state index is -0.730. The van der Waals surface area contributed by atoms with Crippen LogP contribution in [-0.4, -0.2) is 31.4 Å². The van der Waals surface area contributed by atoms with Crippen LogP contribution < -0.4 is 0 Å². The van der Waals surface area contributed by atoms with E-state index in [9.17, 15) is 9.18 Å². The number of nitrogens with one attached hydrogen (secondary N) is 1. The van der Waals surface area contributed by atoms with Crippen LogP contribution in [0.2, 0.25) is 5.02 Å². The number of H-pyrrole nitrogens is 1. The third-order valence-electron chi connectivity index (χ3n) is 7.34. The predicted octanol–water partition coefficient (Wildman–Crippen LogP) is 7.92. The maximum atomic E-state index is 14.8. The maximum Gasteiger partial charge on any atom is 0.411 e. The molecule has 6 nitrogen and oxygen atoms in total. The van der Waals surface area contributed by atoms with E-state index in [1.807, 2.05) is 39.3 Å². The van der Waals surface area contributed by atoms with Crippen LogP contribution in [0, 0.1) is 5.82 Å². The Morgan fingerprint density at radius 1 is 1.16 bits per heavy atom. The van der Waals surface area contributed by atoms with E-state index in [4.69, 9.17) is 21.4 Å². The van der Waals surface area contributed by atoms with E-state index in [0.29, 0.717) is 22.5 Å². The molecule has 0 unspecified atom stereocenters. The van der Waals surface area contributed by atoms with Crippen molar-refractivity contribution in [2.45, 2.75) is 79.0 Å². The van der Waals surface area contributed by atoms with E-state index in [0.717, 1.165) is 52.2 Å². The highest BCUT2D eigenvalue weighted by Gasteiger charge is 2.47. The van der Waals surface area contributed by atoms with E-state index < -0.39 is 17.2 Å². The summed E-state index contributed by atoms with van der Waals surface area (Å²) in [6, 6.07) is 9.52. The highest BCUT2D eigenvalue weighted by molar-refractivity contribution is 6.36. The normalized spacial score (nSPS) is 14.8. The van der Waals surface area contributed by atoms with Crippen LogP contribution in [-0.2, 0) is 29.7 Å². The van der Waals surface area contributed by atoms with Crippen molar-refractivity contribution in [1.29, 1.82) is 0 Å². The second-order valence-electron chi connectivity index (χ2n) is 11.3. The van der Waals surface area contributed by atoms with E-state index in [-0.39, 0.29) is 5.82 Å². The van der Waals surface area contributed by atoms with Crippen molar-refractivity contribution in [2.24, 2.45) is 0 Å². The van der Waals surface area contributed by atoms with Crippen molar-refractivity contribution >= 4 is 28.6 Å². The molecule has 0 saturated heterocycles. The fourth-order valence-corrected chi connectivity index (χ4v) is 5.73. The summed E-state index contributed by atoms with van der Waals surface area (Å²) in [6.45, 7) is 14.1. The number of ether oxygens (including phenoxy) is 1. The maximum absolute atomic E-state index is 14.8. The number of nitrogens with zero attached hydrogens (tertiary/aromatic N) is 3. The van der Waals surface area contributed by atoms with Crippen molar-refractivity contribution in [3.8, 4) is 16.9 Å². The van der Waals surface area contributed by atoms with Gasteiger partial charge in [-0.25, -0.2) is 13.9 Å². The van der Waals surface area contributed by atoms with Crippen LogP contribution >= 0.6 is 11.6 Å². The van der Waals surface area contributed by atoms with Gasteiger partial charge in [0.1, 0.15) is 11.4 Å². The van der Waals surface area contributed by atoms with Gasteiger partial charge in [0.15, 0.2) is 0 Å². The number of aromatic amines is 1. The number of carbonyl (C=O) groups excluding carboxylic acids is 1. The molecule has 200 valence electrons. The van der Waals surface area contributed by atoms with E-state index in [1.54, 1.807) is 17.2 Å². The first-order valence-electron chi connectivity index (χ1n) is 13.1. The Balaban J connectivity index is 1.83. The number of carbonyl (C=O) groups is 1. The Hall–Kier alpha value is -3.32. The first-order valence-corrected chi connectivity index (χ1v) is 13.5. The van der Waals surface area contributed by atoms with Crippen molar-refractivity contribution in [3.05, 3.63) is 69.8 Å². The third-order valence-corrected chi connectivity index (χ3v) is 7.63. The predicted molar refractivity (Wildman–Crippen MR) is 149 cm³/mol. The summed E-state index contributed by atoms with van der Waals surface area (Å²) in [4.78, 5) is 18.0. The number of para-hydroxylation sites is 1. The zero-order valence-electron chi connectivity index (χ0n) is 23.0. The zero-order chi connectivity index (χ0) is 27.6. The Kier molecular flexibility index (Phi) is 6.33. The average molecular weight is 537 g/mol. The van der Waals surface area contributed by atoms with Crippen LogP contribution in [0.1, 0.15) is 70.9 Å². The molecular weight excluding hydrogens is 503 g/mol. The summed E-state index contributed by atoms with van der Waals surface area (Å²) < 4.78 is 22.6. The summed E-state index contributed by atoms with van der Waals surface area (Å²) in [5.41, 5.74) is 5.58. The molecule has 8 heteroatoms. The monoisotopic (exact) mass is 536 g/mol. The van der Waals surface area contributed by atoms with E-state index >= 15 is 0 Å². The minimum Gasteiger partial charge on any atom is -0.444 e. The number of halogens is 2. The minimum absolute atomic E-state index is 0.309. The Morgan fingerprint density at radius 2 is 1.82 bits per heavy atom. The molecule has 3 heterocycles. The van der Waals surface area contributed by atoms with Gasteiger partial charge in [-0.15, -0.1) is 0 Å². The number of aryl methyl sites for hydroxylation is 2. The molecule has 0 atom stereocenters. The number of hydrogen-bond acceptors (Lipinski definition) is 3. The molecule has 0 fully saturated rings. The molecular formula is C30H34ClFN4O2. The van der Waals surface area contributed by atoms with Gasteiger partial charge in [-0.1, -0.05) is 43.6 Å². The molecule has 4 aromatic rings. The molecule has 0 saturated carbocycles. The largest absolute Gasteiger partial charge is 0.444 e. The second kappa shape index (κ2) is 9.16. The van der Waals surface area contributed by atoms with Gasteiger partial charge in [-0.2, -0.15) is 5.10 Å². The number of amides is 1. The summed E-state index contributed by atoms with van der Waals surface area (Å²) >= 11 is 6.63. The van der Waals surface area contributed by atoms with Gasteiger partial charge in [0.2, 0.25) is 0 Å². The first-order chi connectivity index (χ1) is 17.9. The Morgan fingerprint density at radius 3 is 2.42 bits per heavy atom. The van der Waals surface area contributed by atoms with Crippen molar-refractivity contribution < 1.29 is 13.9 Å². The fraction of sp³-hybridized carbons (Fsp3) is 0.400. The number of hydrogen-bond donors (Lipinski definition) is 1. The Bertz CT molecular complexity index is 1540. The van der Waals surface area contributed by atoms with Crippen LogP contribution in [0.3, 0.4) is 0 Å². The number of benzene rings is 2. The van der Waals surface area contributed by atoms with Crippen molar-refractivity contribution in [1.82, 2.24) is 19.7 Å². The van der Waals surface area contributed by atoms with Crippen LogP contribution in [0.15, 0.2) is 36.5 Å². The zero-order valence-corrected chi connectivity index (χ0v) is 23.8. The van der Waals surface area contributed by atoms with Gasteiger partial charge in [-0.05, 0) is 70.7 Å². The molecule has 0 radical (unpaired) electrons. The highest BCUT2D eigenvalue weighted by atomic mass is 35.5. The lowest BCUT2D eigenvalue weighted by Gasteiger charge is -2.33. The smallest absolute Gasteiger partial charge is 0.411 e. The van der Waals surface area contributed by atoms with Crippen LogP contribution in [0.25, 0.3) is 27.8 Å². The molecule has 2 aromatic carbocycles. The molecule has 2 aromatic heterocycles. The molecule has 0 aliphatic carbocycles. The van der Waals surface area contributed by atoms with E-state index in [2.05, 4.69) is 37.0 Å². The van der Waals surface area contributed by atoms with Crippen molar-refractivity contribution in [3.63, 3.8) is 0 Å². The third kappa shape index (κ3) is 4.08. The molecule has 38 heavy (non-hydrogen) atoms. The summed E-state index contributed by atoms with van der Waals surface area (Å²) in [6.07, 6.45) is 2.85. The summed E-state index contributed by atoms with van der Waals surface area (Å²) in [7, 11) is 0. The topological polar surface area (TPSA) is 63.2 Å². The second-order valence-corrected chi connectivity index (χ2v) is 11.7. The van der Waals surface area contributed by atoms with Gasteiger partial charge in [0.25, 0.3) is 0 Å². The molecule has 1 aliphatic rings. The lowest BCUT2D eigenvalue weighted by Crippen LogP contribution is -2.43. The fourth-order valence-electron chi connectivity index (χ4n) is 5.48. The standard InChI is InChI=1S/C30H34ClFN4O2/c1-8-17-11-10-12-18(9-2)25(17)36-26(19-13-14-22(32)24-23(19)21(31)15-33-24)20-16-35(28(37)38-29(3,4)5)30(6,7)27(20)34-36/h10-15,33H,8-9,16H2,1-7H3. The molecule has 0 spiro atoms. The Labute approximate surface area is 227 Å². The molecule has 1 N–H and O–H groups in total. The van der Waals surface area contributed by atoms with Crippen molar-refractivity contribution in [2.75, 3.05) is 0 Å². The average Bonchev–Trinajstić information content (AvgIpc) is 3.50. The van der Waals surface area contributed by atoms with Gasteiger partial charge in [0, 0.05) is 22.7 Å². The first kappa shape index (κ1) is 26.3. The number of fused-ring (bicyclic) bond motifs is 2. The quantitative estimate of drug-likeness (QED) is 0.288. The van der Waals surface area contributed by atoms with Gasteiger partial charge in [-0.3, -0.25) is 4.90 Å². The molecule has 0 bridgehead atoms. The number of rotatable bonds is 4. The lowest BCUT2D eigenvalue weighted by molar-refractivity contribution is 0.00442. The highest BCUT2D eigenvalue weighted by Crippen LogP contribution is 2.47. The number of aromatic nitrogens is 3. The molecule has 1 amide bonds. The molecule has 5 rings (SSSR count). The molecule has 1 aliphatic heterocycles. The van der Waals surface area contributed by atoms with Gasteiger partial charge in [0.05, 0.1) is 39.7 Å². The van der Waals surface area contributed by atoms with E-state index in [1.165, 1.54) is 6.07 Å². The SMILES string of the molecule is CCc1cccc(CC)c1-n1nc2c(c1-c1ccc(F)c3[nH]cc(Cl)c13)CN(C(=O)OC(C)(C)C)C2(C)C. The summed E-state index contributed by atoms with van der Waals surface area (Å²) in [5.74, 6) is -0.378. The van der Waals surface area contributed by atoms with Crippen LogP contribution in [0.4, 0.5) is 9.18 Å². The van der Waals surface area contributed by atoms with Crippen LogP contribution in [0.5, 0.6) is 0 Å². The van der Waals surface area contributed by atoms with Gasteiger partial charge < -0.3 is 9.72 Å². The lowest BCUT2D eigenvalue weighted by atomic mass is 9.97. The summed E-state index contributed by atoms with van der Waals surface area (Å²) in [5, 5.41) is 6.22.